The van der Waals surface area contributed by atoms with Gasteiger partial charge in [0.15, 0.2) is 11.6 Å². The lowest BCUT2D eigenvalue weighted by atomic mass is 9.95. The highest BCUT2D eigenvalue weighted by molar-refractivity contribution is 6.36. The van der Waals surface area contributed by atoms with Crippen molar-refractivity contribution in [3.05, 3.63) is 87.5 Å². The van der Waals surface area contributed by atoms with E-state index in [0.29, 0.717) is 22.8 Å². The van der Waals surface area contributed by atoms with Crippen molar-refractivity contribution in [3.8, 4) is 16.9 Å². The lowest BCUT2D eigenvalue weighted by molar-refractivity contribution is -0.136. The van der Waals surface area contributed by atoms with Gasteiger partial charge >= 0.3 is 0 Å². The number of benzene rings is 2. The van der Waals surface area contributed by atoms with Crippen LogP contribution in [-0.4, -0.2) is 87.0 Å². The van der Waals surface area contributed by atoms with Crippen LogP contribution in [0.15, 0.2) is 55.0 Å². The van der Waals surface area contributed by atoms with Crippen LogP contribution in [0.2, 0.25) is 10.0 Å². The maximum atomic E-state index is 14.1. The Bertz CT molecular complexity index is 2180. The Hall–Kier alpha value is -5.05. The van der Waals surface area contributed by atoms with Gasteiger partial charge in [0, 0.05) is 84.9 Å². The van der Waals surface area contributed by atoms with Crippen LogP contribution in [-0.2, 0) is 9.59 Å². The number of nitrogen functional groups attached to an aromatic ring is 1. The van der Waals surface area contributed by atoms with E-state index in [4.69, 9.17) is 33.7 Å². The molecule has 0 radical (unpaired) electrons. The average molecular weight is 776 g/mol. The van der Waals surface area contributed by atoms with Crippen molar-refractivity contribution in [1.82, 2.24) is 29.9 Å². The predicted molar refractivity (Wildman–Crippen MR) is 199 cm³/mol. The maximum Gasteiger partial charge on any atom is 0.262 e. The first kappa shape index (κ1) is 36.0. The molecule has 8 rings (SSSR count). The molecule has 0 aliphatic carbocycles. The molecule has 0 saturated carbocycles. The predicted octanol–water partition coefficient (Wildman–Crippen LogP) is 5.29. The number of imide groups is 2. The minimum absolute atomic E-state index is 0.0843. The summed E-state index contributed by atoms with van der Waals surface area (Å²) in [6.45, 7) is 6.22. The molecule has 16 heteroatoms. The summed E-state index contributed by atoms with van der Waals surface area (Å²) in [5.41, 5.74) is 9.54. The van der Waals surface area contributed by atoms with E-state index in [1.807, 2.05) is 16.9 Å². The Balaban J connectivity index is 0.834. The number of likely N-dealkylation sites (tertiary alicyclic amines) is 1. The number of amides is 4. The van der Waals surface area contributed by atoms with Gasteiger partial charge in [-0.3, -0.25) is 34.1 Å². The van der Waals surface area contributed by atoms with Gasteiger partial charge < -0.3 is 20.3 Å². The summed E-state index contributed by atoms with van der Waals surface area (Å²) in [6.07, 6.45) is 6.88. The molecule has 3 saturated heterocycles. The Morgan fingerprint density at radius 3 is 2.50 bits per heavy atom. The van der Waals surface area contributed by atoms with Crippen LogP contribution in [0.1, 0.15) is 71.0 Å². The van der Waals surface area contributed by atoms with Crippen molar-refractivity contribution in [1.29, 1.82) is 0 Å². The molecule has 0 bridgehead atoms. The second-order valence-electron chi connectivity index (χ2n) is 14.3. The molecule has 1 unspecified atom stereocenters. The number of piperidine rings is 2. The number of pyridine rings is 1. The van der Waals surface area contributed by atoms with Gasteiger partial charge in [0.25, 0.3) is 11.8 Å². The first-order valence-corrected chi connectivity index (χ1v) is 18.6. The molecule has 3 N–H and O–H groups in total. The molecule has 3 fully saturated rings. The zero-order valence-corrected chi connectivity index (χ0v) is 30.8. The van der Waals surface area contributed by atoms with Crippen molar-refractivity contribution >= 4 is 58.3 Å². The van der Waals surface area contributed by atoms with E-state index < -0.39 is 41.6 Å². The molecule has 2 aromatic carbocycles. The molecule has 6 heterocycles. The third-order valence-corrected chi connectivity index (χ3v) is 11.5. The van der Waals surface area contributed by atoms with Crippen LogP contribution < -0.4 is 20.7 Å². The summed E-state index contributed by atoms with van der Waals surface area (Å²) in [7, 11) is 0. The first-order valence-electron chi connectivity index (χ1n) is 17.9. The summed E-state index contributed by atoms with van der Waals surface area (Å²) in [4.78, 5) is 60.3. The van der Waals surface area contributed by atoms with Gasteiger partial charge in [-0.15, -0.1) is 0 Å². The van der Waals surface area contributed by atoms with Crippen molar-refractivity contribution in [2.75, 3.05) is 43.4 Å². The number of hydrogen-bond acceptors (Lipinski definition) is 10. The Kier molecular flexibility index (Phi) is 9.53. The standard InChI is InChI=1S/C38H37Cl2FN8O5/c1-20(33-28(39)4-5-29(41)34(33)40)54-31-12-22(14-43-35(31)42)23-15-44-48(19-23)24-8-10-46(11-9-24)16-21-17-47(18-21)25-2-3-26-27(13-25)38(53)49(37(26)52)30-6-7-32(50)45-36(30)51/h2-5,12-15,19-21,24,30H,6-11,16-18H2,1H3,(H2,42,43)(H,45,50,51)/t20-,30?/m1/s1. The van der Waals surface area contributed by atoms with E-state index in [0.717, 1.165) is 67.3 Å². The third kappa shape index (κ3) is 6.67. The van der Waals surface area contributed by atoms with Crippen LogP contribution in [0.3, 0.4) is 0 Å². The Morgan fingerprint density at radius 2 is 1.74 bits per heavy atom. The fourth-order valence-electron chi connectivity index (χ4n) is 7.84. The number of anilines is 2. The van der Waals surface area contributed by atoms with E-state index in [9.17, 15) is 23.6 Å². The summed E-state index contributed by atoms with van der Waals surface area (Å²) in [6, 6.07) is 8.95. The second kappa shape index (κ2) is 14.3. The van der Waals surface area contributed by atoms with E-state index in [-0.39, 0.29) is 40.3 Å². The Labute approximate surface area is 320 Å². The van der Waals surface area contributed by atoms with Crippen molar-refractivity contribution < 1.29 is 28.3 Å². The number of nitrogens with two attached hydrogens (primary N) is 1. The molecule has 0 spiro atoms. The van der Waals surface area contributed by atoms with Crippen LogP contribution in [0, 0.1) is 11.7 Å². The number of nitrogens with zero attached hydrogens (tertiary/aromatic N) is 6. The number of carbonyl (C=O) groups is 4. The van der Waals surface area contributed by atoms with Gasteiger partial charge in [-0.1, -0.05) is 23.2 Å². The van der Waals surface area contributed by atoms with Crippen LogP contribution >= 0.6 is 23.2 Å². The van der Waals surface area contributed by atoms with Crippen LogP contribution in [0.25, 0.3) is 11.1 Å². The highest BCUT2D eigenvalue weighted by Crippen LogP contribution is 2.38. The largest absolute Gasteiger partial charge is 0.482 e. The molecular formula is C38H37Cl2FN8O5. The van der Waals surface area contributed by atoms with Gasteiger partial charge in [-0.25, -0.2) is 9.37 Å². The number of hydrogen-bond donors (Lipinski definition) is 2. The minimum atomic E-state index is -0.980. The molecule has 280 valence electrons. The summed E-state index contributed by atoms with van der Waals surface area (Å²) in [5.74, 6) is -1.63. The number of rotatable bonds is 9. The van der Waals surface area contributed by atoms with Crippen molar-refractivity contribution in [2.45, 2.75) is 50.8 Å². The molecule has 4 aromatic rings. The normalized spacial score (nSPS) is 20.3. The Morgan fingerprint density at radius 1 is 0.981 bits per heavy atom. The smallest absolute Gasteiger partial charge is 0.262 e. The van der Waals surface area contributed by atoms with Crippen LogP contribution in [0.5, 0.6) is 5.75 Å². The lowest BCUT2D eigenvalue weighted by Crippen LogP contribution is -2.54. The van der Waals surface area contributed by atoms with Crippen molar-refractivity contribution in [2.24, 2.45) is 5.92 Å². The topological polar surface area (TPSA) is 156 Å². The fraction of sp³-hybridized carbons (Fsp3) is 0.368. The lowest BCUT2D eigenvalue weighted by Gasteiger charge is -2.44. The molecule has 54 heavy (non-hydrogen) atoms. The van der Waals surface area contributed by atoms with Gasteiger partial charge in [0.1, 0.15) is 18.0 Å². The van der Waals surface area contributed by atoms with Crippen molar-refractivity contribution in [3.63, 3.8) is 0 Å². The summed E-state index contributed by atoms with van der Waals surface area (Å²) >= 11 is 12.5. The molecule has 4 aliphatic heterocycles. The van der Waals surface area contributed by atoms with Gasteiger partial charge in [-0.2, -0.15) is 5.10 Å². The number of ether oxygens (including phenoxy) is 1. The van der Waals surface area contributed by atoms with Crippen LogP contribution in [0.4, 0.5) is 15.9 Å². The highest BCUT2D eigenvalue weighted by atomic mass is 35.5. The fourth-order valence-corrected chi connectivity index (χ4v) is 8.52. The average Bonchev–Trinajstić information content (AvgIpc) is 3.72. The SMILES string of the molecule is C[C@@H](Oc1cc(-c2cnn(C3CCN(CC4CN(c5ccc6c(c5)C(=O)N(C5CCC(=O)NC5=O)C6=O)C4)CC3)c2)cnc1N)c1c(Cl)ccc(F)c1Cl. The van der Waals surface area contributed by atoms with Gasteiger partial charge in [-0.05, 0) is 62.6 Å². The summed E-state index contributed by atoms with van der Waals surface area (Å²) in [5, 5.41) is 7.09. The minimum Gasteiger partial charge on any atom is -0.482 e. The zero-order valence-electron chi connectivity index (χ0n) is 29.3. The number of nitrogens with one attached hydrogen (secondary N) is 1. The number of carbonyl (C=O) groups excluding carboxylic acids is 4. The zero-order chi connectivity index (χ0) is 37.8. The molecule has 4 amide bonds. The highest BCUT2D eigenvalue weighted by Gasteiger charge is 2.45. The maximum absolute atomic E-state index is 14.1. The summed E-state index contributed by atoms with van der Waals surface area (Å²) < 4.78 is 22.2. The number of halogens is 3. The molecule has 2 aromatic heterocycles. The number of aromatic nitrogens is 3. The molecule has 4 aliphatic rings. The molecule has 13 nitrogen and oxygen atoms in total. The van der Waals surface area contributed by atoms with E-state index in [2.05, 4.69) is 25.2 Å². The number of fused-ring (bicyclic) bond motifs is 1. The second-order valence-corrected chi connectivity index (χ2v) is 15.1. The van der Waals surface area contributed by atoms with E-state index in [1.54, 1.807) is 37.5 Å². The first-order chi connectivity index (χ1) is 25.9. The molecular weight excluding hydrogens is 738 g/mol. The van der Waals surface area contributed by atoms with E-state index in [1.165, 1.54) is 12.1 Å². The van der Waals surface area contributed by atoms with E-state index >= 15 is 0 Å². The van der Waals surface area contributed by atoms with Gasteiger partial charge in [0.05, 0.1) is 28.4 Å². The quantitative estimate of drug-likeness (QED) is 0.169. The monoisotopic (exact) mass is 774 g/mol. The third-order valence-electron chi connectivity index (χ3n) is 10.8. The molecule has 2 atom stereocenters. The van der Waals surface area contributed by atoms with Gasteiger partial charge in [0.2, 0.25) is 11.8 Å².